The highest BCUT2D eigenvalue weighted by Gasteiger charge is 2.27. The molecular formula is C17H27BrN2O3. The van der Waals surface area contributed by atoms with E-state index in [1.807, 2.05) is 37.8 Å². The second-order valence-corrected chi connectivity index (χ2v) is 7.96. The summed E-state index contributed by atoms with van der Waals surface area (Å²) >= 11 is 3.33. The Kier molecular flexibility index (Phi) is 6.14. The van der Waals surface area contributed by atoms with Crippen LogP contribution < -0.4 is 5.32 Å². The summed E-state index contributed by atoms with van der Waals surface area (Å²) < 4.78 is 11.7. The topological polar surface area (TPSA) is 54.7 Å². The van der Waals surface area contributed by atoms with Gasteiger partial charge in [-0.15, -0.1) is 0 Å². The van der Waals surface area contributed by atoms with Gasteiger partial charge in [0.15, 0.2) is 4.67 Å². The molecule has 1 fully saturated rings. The highest BCUT2D eigenvalue weighted by molar-refractivity contribution is 9.10. The van der Waals surface area contributed by atoms with Crippen LogP contribution in [0.4, 0.5) is 4.79 Å². The first-order valence-electron chi connectivity index (χ1n) is 8.21. The minimum absolute atomic E-state index is 0.185. The quantitative estimate of drug-likeness (QED) is 0.835. The van der Waals surface area contributed by atoms with Gasteiger partial charge in [-0.3, -0.25) is 0 Å². The van der Waals surface area contributed by atoms with Gasteiger partial charge in [0.05, 0.1) is 6.04 Å². The summed E-state index contributed by atoms with van der Waals surface area (Å²) in [6, 6.07) is 4.07. The molecule has 0 aliphatic carbocycles. The number of likely N-dealkylation sites (tertiary alicyclic amines) is 1. The molecule has 1 N–H and O–H groups in total. The Labute approximate surface area is 146 Å². The summed E-state index contributed by atoms with van der Waals surface area (Å²) in [5.74, 6) is 1.51. The minimum Gasteiger partial charge on any atom is -0.453 e. The third-order valence-corrected chi connectivity index (χ3v) is 4.43. The SMILES string of the molecule is CC(NCC1CCN(C(=O)OC(C)(C)C)CC1)c1ccc(Br)o1. The minimum atomic E-state index is -0.428. The van der Waals surface area contributed by atoms with Crippen molar-refractivity contribution in [1.82, 2.24) is 10.2 Å². The monoisotopic (exact) mass is 386 g/mol. The van der Waals surface area contributed by atoms with Gasteiger partial charge in [-0.2, -0.15) is 0 Å². The van der Waals surface area contributed by atoms with E-state index in [4.69, 9.17) is 9.15 Å². The van der Waals surface area contributed by atoms with Crippen LogP contribution in [0.1, 0.15) is 52.3 Å². The number of amides is 1. The fourth-order valence-electron chi connectivity index (χ4n) is 2.65. The van der Waals surface area contributed by atoms with Crippen molar-refractivity contribution in [3.63, 3.8) is 0 Å². The predicted octanol–water partition coefficient (Wildman–Crippen LogP) is 4.34. The van der Waals surface area contributed by atoms with E-state index in [9.17, 15) is 4.79 Å². The van der Waals surface area contributed by atoms with Crippen molar-refractivity contribution in [3.05, 3.63) is 22.6 Å². The van der Waals surface area contributed by atoms with E-state index in [0.29, 0.717) is 5.92 Å². The molecule has 1 aliphatic rings. The van der Waals surface area contributed by atoms with E-state index in [-0.39, 0.29) is 12.1 Å². The van der Waals surface area contributed by atoms with Crippen LogP contribution in [0.2, 0.25) is 0 Å². The van der Waals surface area contributed by atoms with Gasteiger partial charge < -0.3 is 19.4 Å². The van der Waals surface area contributed by atoms with Gasteiger partial charge in [-0.25, -0.2) is 4.79 Å². The molecule has 0 spiro atoms. The molecule has 5 nitrogen and oxygen atoms in total. The number of halogens is 1. The number of nitrogens with zero attached hydrogens (tertiary/aromatic N) is 1. The summed E-state index contributed by atoms with van der Waals surface area (Å²) in [5.41, 5.74) is -0.428. The van der Waals surface area contributed by atoms with Crippen LogP contribution in [0, 0.1) is 5.92 Å². The Morgan fingerprint density at radius 2 is 2.09 bits per heavy atom. The van der Waals surface area contributed by atoms with Crippen molar-refractivity contribution < 1.29 is 13.9 Å². The van der Waals surface area contributed by atoms with E-state index in [1.165, 1.54) is 0 Å². The molecule has 1 aromatic rings. The summed E-state index contributed by atoms with van der Waals surface area (Å²) in [5, 5.41) is 3.51. The molecule has 2 heterocycles. The Balaban J connectivity index is 1.71. The first-order valence-corrected chi connectivity index (χ1v) is 9.00. The van der Waals surface area contributed by atoms with Gasteiger partial charge in [-0.1, -0.05) is 0 Å². The molecule has 0 saturated carbocycles. The normalized spacial score (nSPS) is 18.0. The maximum atomic E-state index is 12.0. The summed E-state index contributed by atoms with van der Waals surface area (Å²) in [6.07, 6.45) is 1.81. The van der Waals surface area contributed by atoms with Gasteiger partial charge in [0.2, 0.25) is 0 Å². The van der Waals surface area contributed by atoms with E-state index in [2.05, 4.69) is 28.2 Å². The number of carbonyl (C=O) groups excluding carboxylic acids is 1. The van der Waals surface area contributed by atoms with Gasteiger partial charge in [-0.05, 0) is 81.1 Å². The second-order valence-electron chi connectivity index (χ2n) is 7.18. The van der Waals surface area contributed by atoms with E-state index in [0.717, 1.165) is 42.9 Å². The lowest BCUT2D eigenvalue weighted by molar-refractivity contribution is 0.0183. The number of piperidine rings is 1. The average molecular weight is 387 g/mol. The van der Waals surface area contributed by atoms with Crippen LogP contribution in [0.25, 0.3) is 0 Å². The highest BCUT2D eigenvalue weighted by atomic mass is 79.9. The fourth-order valence-corrected chi connectivity index (χ4v) is 2.97. The molecule has 0 aromatic carbocycles. The lowest BCUT2D eigenvalue weighted by atomic mass is 9.96. The van der Waals surface area contributed by atoms with E-state index >= 15 is 0 Å². The van der Waals surface area contributed by atoms with Crippen LogP contribution in [-0.4, -0.2) is 36.2 Å². The molecule has 0 bridgehead atoms. The molecule has 23 heavy (non-hydrogen) atoms. The molecular weight excluding hydrogens is 360 g/mol. The van der Waals surface area contributed by atoms with Gasteiger partial charge in [0.1, 0.15) is 11.4 Å². The molecule has 2 rings (SSSR count). The zero-order valence-electron chi connectivity index (χ0n) is 14.4. The zero-order chi connectivity index (χ0) is 17.0. The van der Waals surface area contributed by atoms with Crippen molar-refractivity contribution in [2.75, 3.05) is 19.6 Å². The second kappa shape index (κ2) is 7.71. The van der Waals surface area contributed by atoms with Crippen LogP contribution in [0.5, 0.6) is 0 Å². The molecule has 1 saturated heterocycles. The number of hydrogen-bond donors (Lipinski definition) is 1. The van der Waals surface area contributed by atoms with Crippen molar-refractivity contribution in [2.24, 2.45) is 5.92 Å². The number of ether oxygens (including phenoxy) is 1. The Hall–Kier alpha value is -1.01. The van der Waals surface area contributed by atoms with Crippen LogP contribution in [0.15, 0.2) is 21.2 Å². The fraction of sp³-hybridized carbons (Fsp3) is 0.706. The van der Waals surface area contributed by atoms with Gasteiger partial charge in [0.25, 0.3) is 0 Å². The maximum Gasteiger partial charge on any atom is 0.410 e. The third-order valence-electron chi connectivity index (χ3n) is 4.00. The number of carbonyl (C=O) groups is 1. The van der Waals surface area contributed by atoms with Crippen molar-refractivity contribution in [1.29, 1.82) is 0 Å². The lowest BCUT2D eigenvalue weighted by Crippen LogP contribution is -2.43. The number of furan rings is 1. The number of hydrogen-bond acceptors (Lipinski definition) is 4. The van der Waals surface area contributed by atoms with Crippen molar-refractivity contribution in [3.8, 4) is 0 Å². The molecule has 130 valence electrons. The van der Waals surface area contributed by atoms with Crippen molar-refractivity contribution >= 4 is 22.0 Å². The molecule has 1 aromatic heterocycles. The maximum absolute atomic E-state index is 12.0. The smallest absolute Gasteiger partial charge is 0.410 e. The first kappa shape index (κ1) is 18.3. The zero-order valence-corrected chi connectivity index (χ0v) is 16.0. The Morgan fingerprint density at radius 1 is 1.43 bits per heavy atom. The highest BCUT2D eigenvalue weighted by Crippen LogP contribution is 2.22. The van der Waals surface area contributed by atoms with E-state index in [1.54, 1.807) is 0 Å². The van der Waals surface area contributed by atoms with Crippen LogP contribution >= 0.6 is 15.9 Å². The number of nitrogens with one attached hydrogen (secondary N) is 1. The summed E-state index contributed by atoms with van der Waals surface area (Å²) in [7, 11) is 0. The molecule has 1 atom stereocenters. The van der Waals surface area contributed by atoms with E-state index < -0.39 is 5.60 Å². The Morgan fingerprint density at radius 3 is 2.61 bits per heavy atom. The van der Waals surface area contributed by atoms with Crippen LogP contribution in [-0.2, 0) is 4.74 Å². The Bertz CT molecular complexity index is 516. The first-order chi connectivity index (χ1) is 10.7. The largest absolute Gasteiger partial charge is 0.453 e. The molecule has 0 radical (unpaired) electrons. The summed E-state index contributed by atoms with van der Waals surface area (Å²) in [6.45, 7) is 10.3. The molecule has 1 aliphatic heterocycles. The molecule has 6 heteroatoms. The van der Waals surface area contributed by atoms with Crippen LogP contribution in [0.3, 0.4) is 0 Å². The van der Waals surface area contributed by atoms with Gasteiger partial charge >= 0.3 is 6.09 Å². The number of rotatable bonds is 4. The van der Waals surface area contributed by atoms with Crippen molar-refractivity contribution in [2.45, 2.75) is 52.2 Å². The van der Waals surface area contributed by atoms with Gasteiger partial charge in [0, 0.05) is 13.1 Å². The molecule has 1 amide bonds. The molecule has 1 unspecified atom stereocenters. The standard InChI is InChI=1S/C17H27BrN2O3/c1-12(14-5-6-15(18)22-14)19-11-13-7-9-20(10-8-13)16(21)23-17(2,3)4/h5-6,12-13,19H,7-11H2,1-4H3. The lowest BCUT2D eigenvalue weighted by Gasteiger charge is -2.33. The predicted molar refractivity (Wildman–Crippen MR) is 93.4 cm³/mol. The summed E-state index contributed by atoms with van der Waals surface area (Å²) in [4.78, 5) is 13.9. The third kappa shape index (κ3) is 5.84. The average Bonchev–Trinajstić information content (AvgIpc) is 2.90.